The number of aromatic nitrogens is 1. The molecule has 1 heterocycles. The number of alkyl carbamates (subject to hydrolysis) is 1. The maximum absolute atomic E-state index is 12.9. The van der Waals surface area contributed by atoms with Crippen molar-refractivity contribution < 1.29 is 19.1 Å². The van der Waals surface area contributed by atoms with E-state index in [1.807, 2.05) is 60.7 Å². The number of hydrogen-bond donors (Lipinski definition) is 2. The van der Waals surface area contributed by atoms with Crippen LogP contribution in [0.5, 0.6) is 0 Å². The number of carbonyl (C=O) groups is 3. The van der Waals surface area contributed by atoms with Crippen molar-refractivity contribution in [3.63, 3.8) is 0 Å². The number of hydrogen-bond acceptors (Lipinski definition) is 4. The van der Waals surface area contributed by atoms with Crippen molar-refractivity contribution in [1.82, 2.24) is 15.2 Å². The number of rotatable bonds is 8. The smallest absolute Gasteiger partial charge is 0.408 e. The van der Waals surface area contributed by atoms with Crippen LogP contribution in [0.4, 0.5) is 4.79 Å². The molecule has 2 N–H and O–H groups in total. The maximum atomic E-state index is 12.9. The molecule has 0 saturated heterocycles. The molecule has 0 aliphatic rings. The van der Waals surface area contributed by atoms with Gasteiger partial charge in [-0.15, -0.1) is 0 Å². The van der Waals surface area contributed by atoms with E-state index in [2.05, 4.69) is 10.6 Å². The molecule has 2 atom stereocenters. The van der Waals surface area contributed by atoms with Crippen LogP contribution in [-0.4, -0.2) is 40.2 Å². The molecule has 0 fully saturated rings. The second kappa shape index (κ2) is 11.5. The third kappa shape index (κ3) is 7.84. The molecule has 184 valence electrons. The Balaban J connectivity index is 1.69. The van der Waals surface area contributed by atoms with E-state index < -0.39 is 23.8 Å². The Hall–Kier alpha value is -3.87. The predicted molar refractivity (Wildman–Crippen MR) is 137 cm³/mol. The standard InChI is InChI=1S/C28H33N3O4/c1-20(29-27(34)35-28(2,3)4)26(33)30-23(15-14-21-10-6-5-7-11-21)16-17-25(32)31-19-18-22-12-8-9-13-24(22)31/h5-13,16-20,23H,14-15H2,1-4H3,(H,29,34)(H,30,33)/b17-16+/t20-,23-/m0/s1. The quantitative estimate of drug-likeness (QED) is 0.455. The summed E-state index contributed by atoms with van der Waals surface area (Å²) >= 11 is 0. The summed E-state index contributed by atoms with van der Waals surface area (Å²) in [5.41, 5.74) is 1.29. The number of allylic oxidation sites excluding steroid dienone is 1. The molecule has 2 amide bonds. The number of nitrogens with one attached hydrogen (secondary N) is 2. The monoisotopic (exact) mass is 475 g/mol. The third-order valence-corrected chi connectivity index (χ3v) is 5.35. The Kier molecular flexibility index (Phi) is 8.47. The number of fused-ring (bicyclic) bond motifs is 1. The molecule has 0 unspecified atom stereocenters. The van der Waals surface area contributed by atoms with Crippen molar-refractivity contribution in [3.8, 4) is 0 Å². The molecule has 7 heteroatoms. The van der Waals surface area contributed by atoms with Gasteiger partial charge in [-0.3, -0.25) is 14.2 Å². The van der Waals surface area contributed by atoms with Crippen LogP contribution in [0.25, 0.3) is 10.9 Å². The van der Waals surface area contributed by atoms with Gasteiger partial charge in [-0.2, -0.15) is 0 Å². The van der Waals surface area contributed by atoms with Crippen LogP contribution in [0.1, 0.15) is 44.5 Å². The van der Waals surface area contributed by atoms with Crippen molar-refractivity contribution in [2.45, 2.75) is 58.2 Å². The molecule has 1 aromatic heterocycles. The Morgan fingerprint density at radius 2 is 1.66 bits per heavy atom. The lowest BCUT2D eigenvalue weighted by atomic mass is 10.0. The lowest BCUT2D eigenvalue weighted by molar-refractivity contribution is -0.123. The van der Waals surface area contributed by atoms with E-state index in [1.165, 1.54) is 6.08 Å². The van der Waals surface area contributed by atoms with E-state index in [4.69, 9.17) is 4.74 Å². The summed E-state index contributed by atoms with van der Waals surface area (Å²) in [5.74, 6) is -0.567. The second-order valence-corrected chi connectivity index (χ2v) is 9.45. The molecule has 2 aromatic carbocycles. The third-order valence-electron chi connectivity index (χ3n) is 5.35. The van der Waals surface area contributed by atoms with Crippen molar-refractivity contribution >= 4 is 28.8 Å². The number of aryl methyl sites for hydroxylation is 1. The largest absolute Gasteiger partial charge is 0.444 e. The van der Waals surface area contributed by atoms with Crippen molar-refractivity contribution in [1.29, 1.82) is 0 Å². The molecular weight excluding hydrogens is 442 g/mol. The van der Waals surface area contributed by atoms with E-state index in [0.29, 0.717) is 12.8 Å². The fourth-order valence-electron chi connectivity index (χ4n) is 3.59. The van der Waals surface area contributed by atoms with E-state index in [0.717, 1.165) is 16.5 Å². The first-order valence-electron chi connectivity index (χ1n) is 11.7. The van der Waals surface area contributed by atoms with Gasteiger partial charge in [-0.25, -0.2) is 4.79 Å². The van der Waals surface area contributed by atoms with Gasteiger partial charge >= 0.3 is 6.09 Å². The van der Waals surface area contributed by atoms with Crippen molar-refractivity contribution in [2.24, 2.45) is 0 Å². The number of ether oxygens (including phenoxy) is 1. The number of benzene rings is 2. The first-order chi connectivity index (χ1) is 16.6. The molecule has 0 radical (unpaired) electrons. The summed E-state index contributed by atoms with van der Waals surface area (Å²) in [6, 6.07) is 18.2. The first-order valence-corrected chi connectivity index (χ1v) is 11.7. The Bertz CT molecular complexity index is 1190. The molecule has 0 bridgehead atoms. The molecule has 3 aromatic rings. The van der Waals surface area contributed by atoms with Gasteiger partial charge in [0.25, 0.3) is 5.91 Å². The van der Waals surface area contributed by atoms with E-state index in [1.54, 1.807) is 44.5 Å². The molecule has 0 spiro atoms. The predicted octanol–water partition coefficient (Wildman–Crippen LogP) is 4.87. The zero-order valence-electron chi connectivity index (χ0n) is 20.7. The molecule has 35 heavy (non-hydrogen) atoms. The molecular formula is C28H33N3O4. The highest BCUT2D eigenvalue weighted by atomic mass is 16.6. The Morgan fingerprint density at radius 3 is 2.37 bits per heavy atom. The molecule has 0 aliphatic carbocycles. The van der Waals surface area contributed by atoms with E-state index >= 15 is 0 Å². The van der Waals surface area contributed by atoms with Gasteiger partial charge in [-0.05, 0) is 58.2 Å². The summed E-state index contributed by atoms with van der Waals surface area (Å²) in [6.45, 7) is 6.86. The van der Waals surface area contributed by atoms with Crippen molar-refractivity contribution in [2.75, 3.05) is 0 Å². The summed E-state index contributed by atoms with van der Waals surface area (Å²) in [4.78, 5) is 37.7. The van der Waals surface area contributed by atoms with E-state index in [-0.39, 0.29) is 11.8 Å². The summed E-state index contributed by atoms with van der Waals surface area (Å²) in [5, 5.41) is 6.47. The van der Waals surface area contributed by atoms with Crippen LogP contribution in [0.2, 0.25) is 0 Å². The highest BCUT2D eigenvalue weighted by molar-refractivity contribution is 5.98. The average molecular weight is 476 g/mol. The fourth-order valence-corrected chi connectivity index (χ4v) is 3.59. The van der Waals surface area contributed by atoms with Crippen LogP contribution in [0.15, 0.2) is 79.0 Å². The minimum Gasteiger partial charge on any atom is -0.444 e. The average Bonchev–Trinajstić information content (AvgIpc) is 3.24. The van der Waals surface area contributed by atoms with Gasteiger partial charge in [0.05, 0.1) is 5.52 Å². The van der Waals surface area contributed by atoms with Crippen LogP contribution in [-0.2, 0) is 16.0 Å². The van der Waals surface area contributed by atoms with Gasteiger partial charge in [0, 0.05) is 23.7 Å². The fraction of sp³-hybridized carbons (Fsp3) is 0.321. The SMILES string of the molecule is C[C@H](NC(=O)OC(C)(C)C)C(=O)N[C@H](/C=C/C(=O)n1ccc2ccccc21)CCc1ccccc1. The highest BCUT2D eigenvalue weighted by Crippen LogP contribution is 2.15. The summed E-state index contributed by atoms with van der Waals surface area (Å²) in [7, 11) is 0. The zero-order valence-corrected chi connectivity index (χ0v) is 20.7. The number of carbonyl (C=O) groups excluding carboxylic acids is 3. The topological polar surface area (TPSA) is 89.4 Å². The van der Waals surface area contributed by atoms with Gasteiger partial charge < -0.3 is 15.4 Å². The van der Waals surface area contributed by atoms with Gasteiger partial charge in [-0.1, -0.05) is 54.6 Å². The number of para-hydroxylation sites is 1. The Labute approximate surface area is 206 Å². The number of nitrogens with zero attached hydrogens (tertiary/aromatic N) is 1. The minimum absolute atomic E-state index is 0.204. The molecule has 3 rings (SSSR count). The lowest BCUT2D eigenvalue weighted by Gasteiger charge is -2.23. The summed E-state index contributed by atoms with van der Waals surface area (Å²) < 4.78 is 6.81. The zero-order chi connectivity index (χ0) is 25.4. The molecule has 7 nitrogen and oxygen atoms in total. The first kappa shape index (κ1) is 25.7. The van der Waals surface area contributed by atoms with E-state index in [9.17, 15) is 14.4 Å². The lowest BCUT2D eigenvalue weighted by Crippen LogP contribution is -2.48. The second-order valence-electron chi connectivity index (χ2n) is 9.45. The summed E-state index contributed by atoms with van der Waals surface area (Å²) in [6.07, 6.45) is 5.57. The molecule has 0 aliphatic heterocycles. The van der Waals surface area contributed by atoms with Crippen LogP contribution in [0.3, 0.4) is 0 Å². The normalized spacial score (nSPS) is 13.4. The minimum atomic E-state index is -0.804. The van der Waals surface area contributed by atoms with Gasteiger partial charge in [0.1, 0.15) is 11.6 Å². The Morgan fingerprint density at radius 1 is 0.971 bits per heavy atom. The van der Waals surface area contributed by atoms with Gasteiger partial charge in [0.2, 0.25) is 5.91 Å². The van der Waals surface area contributed by atoms with Crippen LogP contribution < -0.4 is 10.6 Å². The highest BCUT2D eigenvalue weighted by Gasteiger charge is 2.22. The van der Waals surface area contributed by atoms with Gasteiger partial charge in [0.15, 0.2) is 0 Å². The van der Waals surface area contributed by atoms with Crippen molar-refractivity contribution in [3.05, 3.63) is 84.6 Å². The van der Waals surface area contributed by atoms with Crippen LogP contribution in [0, 0.1) is 0 Å². The van der Waals surface area contributed by atoms with Crippen LogP contribution >= 0.6 is 0 Å². The number of amides is 2. The maximum Gasteiger partial charge on any atom is 0.408 e. The molecule has 0 saturated carbocycles.